The molecule has 0 saturated carbocycles. The van der Waals surface area contributed by atoms with Gasteiger partial charge < -0.3 is 8.98 Å². The van der Waals surface area contributed by atoms with Crippen LogP contribution in [0.1, 0.15) is 28.1 Å². The van der Waals surface area contributed by atoms with E-state index in [0.29, 0.717) is 11.3 Å². The van der Waals surface area contributed by atoms with Gasteiger partial charge in [0.15, 0.2) is 5.16 Å². The Morgan fingerprint density at radius 2 is 1.75 bits per heavy atom. The topological polar surface area (TPSA) is 60.9 Å². The maximum atomic E-state index is 12.0. The molecule has 0 fully saturated rings. The molecule has 2 aromatic carbocycles. The van der Waals surface area contributed by atoms with Crippen LogP contribution < -0.4 is 5.63 Å². The number of fused-ring (bicyclic) bond motifs is 1. The van der Waals surface area contributed by atoms with E-state index in [1.165, 1.54) is 11.1 Å². The highest BCUT2D eigenvalue weighted by molar-refractivity contribution is 7.98. The van der Waals surface area contributed by atoms with Crippen molar-refractivity contribution in [3.8, 4) is 0 Å². The predicted octanol–water partition coefficient (Wildman–Crippen LogP) is 4.65. The number of hydrogen-bond acceptors (Lipinski definition) is 5. The van der Waals surface area contributed by atoms with E-state index in [0.717, 1.165) is 34.0 Å². The van der Waals surface area contributed by atoms with E-state index in [1.807, 2.05) is 38.1 Å². The van der Waals surface area contributed by atoms with E-state index in [4.69, 9.17) is 4.42 Å². The molecule has 0 unspecified atom stereocenters. The maximum absolute atomic E-state index is 12.0. The van der Waals surface area contributed by atoms with E-state index in [1.54, 1.807) is 17.8 Å². The zero-order valence-corrected chi connectivity index (χ0v) is 16.9. The second-order valence-electron chi connectivity index (χ2n) is 6.91. The Bertz CT molecular complexity index is 1200. The molecule has 0 aliphatic carbocycles. The molecule has 2 heterocycles. The minimum atomic E-state index is -0.326. The number of benzene rings is 2. The highest BCUT2D eigenvalue weighted by Crippen LogP contribution is 2.28. The molecule has 4 rings (SSSR count). The summed E-state index contributed by atoms with van der Waals surface area (Å²) in [5, 5.41) is 10.4. The van der Waals surface area contributed by atoms with Gasteiger partial charge >= 0.3 is 5.63 Å². The number of aryl methyl sites for hydroxylation is 3. The van der Waals surface area contributed by atoms with E-state index >= 15 is 0 Å². The van der Waals surface area contributed by atoms with Gasteiger partial charge in [0.25, 0.3) is 0 Å². The fourth-order valence-electron chi connectivity index (χ4n) is 3.16. The third kappa shape index (κ3) is 3.73. The highest BCUT2D eigenvalue weighted by atomic mass is 32.2. The monoisotopic (exact) mass is 391 g/mol. The first-order chi connectivity index (χ1) is 13.5. The number of hydrogen-bond donors (Lipinski definition) is 0. The van der Waals surface area contributed by atoms with Gasteiger partial charge in [0.1, 0.15) is 11.4 Å². The summed E-state index contributed by atoms with van der Waals surface area (Å²) < 4.78 is 7.50. The largest absolute Gasteiger partial charge is 0.423 e. The summed E-state index contributed by atoms with van der Waals surface area (Å²) in [7, 11) is 0. The molecule has 6 heteroatoms. The molecule has 0 radical (unpaired) electrons. The summed E-state index contributed by atoms with van der Waals surface area (Å²) in [5.41, 5.74) is 4.74. The molecule has 0 saturated heterocycles. The van der Waals surface area contributed by atoms with Gasteiger partial charge in [-0.05, 0) is 55.2 Å². The fraction of sp³-hybridized carbons (Fsp3) is 0.227. The molecular formula is C22H21N3O2S. The van der Waals surface area contributed by atoms with Crippen LogP contribution in [0.25, 0.3) is 11.0 Å². The SMILES string of the molecule is Cc1cc2oc(=O)cc(CSc3nnc(C)n3Cc3ccccc3)c2cc1C. The quantitative estimate of drug-likeness (QED) is 0.366. The third-order valence-electron chi connectivity index (χ3n) is 4.89. The van der Waals surface area contributed by atoms with E-state index in [2.05, 4.69) is 39.9 Å². The lowest BCUT2D eigenvalue weighted by Crippen LogP contribution is -2.04. The first kappa shape index (κ1) is 18.5. The zero-order chi connectivity index (χ0) is 19.7. The first-order valence-corrected chi connectivity index (χ1v) is 10.1. The summed E-state index contributed by atoms with van der Waals surface area (Å²) in [5.74, 6) is 1.49. The minimum absolute atomic E-state index is 0.326. The lowest BCUT2D eigenvalue weighted by Gasteiger charge is -2.10. The van der Waals surface area contributed by atoms with E-state index in [-0.39, 0.29) is 5.63 Å². The summed E-state index contributed by atoms with van der Waals surface area (Å²) in [6.45, 7) is 6.76. The van der Waals surface area contributed by atoms with Crippen molar-refractivity contribution in [2.75, 3.05) is 0 Å². The van der Waals surface area contributed by atoms with Gasteiger partial charge in [0, 0.05) is 17.2 Å². The van der Waals surface area contributed by atoms with Crippen molar-refractivity contribution in [2.24, 2.45) is 0 Å². The fourth-order valence-corrected chi connectivity index (χ4v) is 4.14. The van der Waals surface area contributed by atoms with Crippen molar-refractivity contribution in [2.45, 2.75) is 38.2 Å². The Balaban J connectivity index is 1.64. The van der Waals surface area contributed by atoms with E-state index in [9.17, 15) is 4.79 Å². The molecular weight excluding hydrogens is 370 g/mol. The molecule has 2 aromatic heterocycles. The number of aromatic nitrogens is 3. The zero-order valence-electron chi connectivity index (χ0n) is 16.1. The molecule has 4 aromatic rings. The van der Waals surface area contributed by atoms with E-state index < -0.39 is 0 Å². The summed E-state index contributed by atoms with van der Waals surface area (Å²) in [4.78, 5) is 12.0. The van der Waals surface area contributed by atoms with Crippen LogP contribution >= 0.6 is 11.8 Å². The molecule has 0 aliphatic rings. The lowest BCUT2D eigenvalue weighted by atomic mass is 10.0. The summed E-state index contributed by atoms with van der Waals surface area (Å²) >= 11 is 1.58. The van der Waals surface area contributed by atoms with Crippen LogP contribution in [0.5, 0.6) is 0 Å². The van der Waals surface area contributed by atoms with Gasteiger partial charge in [-0.2, -0.15) is 0 Å². The van der Waals surface area contributed by atoms with Crippen molar-refractivity contribution in [1.82, 2.24) is 14.8 Å². The van der Waals surface area contributed by atoms with Gasteiger partial charge in [0.2, 0.25) is 0 Å². The van der Waals surface area contributed by atoms with Crippen LogP contribution in [0.2, 0.25) is 0 Å². The van der Waals surface area contributed by atoms with Crippen LogP contribution in [0, 0.1) is 20.8 Å². The normalized spacial score (nSPS) is 11.2. The van der Waals surface area contributed by atoms with Crippen LogP contribution in [0.4, 0.5) is 0 Å². The van der Waals surface area contributed by atoms with Crippen molar-refractivity contribution in [1.29, 1.82) is 0 Å². The minimum Gasteiger partial charge on any atom is -0.423 e. The second kappa shape index (κ2) is 7.64. The average Bonchev–Trinajstić information content (AvgIpc) is 3.02. The highest BCUT2D eigenvalue weighted by Gasteiger charge is 2.13. The van der Waals surface area contributed by atoms with Crippen molar-refractivity contribution < 1.29 is 4.42 Å². The molecule has 0 atom stereocenters. The predicted molar refractivity (Wildman–Crippen MR) is 112 cm³/mol. The smallest absolute Gasteiger partial charge is 0.336 e. The Kier molecular flexibility index (Phi) is 5.05. The molecule has 28 heavy (non-hydrogen) atoms. The summed E-state index contributed by atoms with van der Waals surface area (Å²) in [6, 6.07) is 15.8. The average molecular weight is 391 g/mol. The van der Waals surface area contributed by atoms with Crippen molar-refractivity contribution in [3.63, 3.8) is 0 Å². The Morgan fingerprint density at radius 1 is 1.00 bits per heavy atom. The Hall–Kier alpha value is -2.86. The van der Waals surface area contributed by atoms with Gasteiger partial charge in [-0.3, -0.25) is 0 Å². The van der Waals surface area contributed by atoms with Crippen LogP contribution in [-0.2, 0) is 12.3 Å². The van der Waals surface area contributed by atoms with Crippen LogP contribution in [-0.4, -0.2) is 14.8 Å². The van der Waals surface area contributed by atoms with Crippen LogP contribution in [0.15, 0.2) is 62.9 Å². The first-order valence-electron chi connectivity index (χ1n) is 9.12. The molecule has 5 nitrogen and oxygen atoms in total. The Morgan fingerprint density at radius 3 is 2.54 bits per heavy atom. The number of rotatable bonds is 5. The van der Waals surface area contributed by atoms with Crippen molar-refractivity contribution >= 4 is 22.7 Å². The Labute approximate surface area is 167 Å². The second-order valence-corrected chi connectivity index (χ2v) is 7.86. The summed E-state index contributed by atoms with van der Waals surface area (Å²) in [6.07, 6.45) is 0. The van der Waals surface area contributed by atoms with Gasteiger partial charge in [-0.1, -0.05) is 42.1 Å². The number of thioether (sulfide) groups is 1. The van der Waals surface area contributed by atoms with Crippen LogP contribution in [0.3, 0.4) is 0 Å². The van der Waals surface area contributed by atoms with Gasteiger partial charge in [-0.25, -0.2) is 4.79 Å². The maximum Gasteiger partial charge on any atom is 0.336 e. The van der Waals surface area contributed by atoms with Crippen molar-refractivity contribution in [3.05, 3.63) is 87.0 Å². The molecule has 0 aliphatic heterocycles. The van der Waals surface area contributed by atoms with Gasteiger partial charge in [-0.15, -0.1) is 10.2 Å². The molecule has 0 spiro atoms. The molecule has 0 amide bonds. The standard InChI is InChI=1S/C22H21N3O2S/c1-14-9-19-18(11-21(26)27-20(19)10-15(14)2)13-28-22-24-23-16(3)25(22)12-17-7-5-4-6-8-17/h4-11H,12-13H2,1-3H3. The molecule has 0 bridgehead atoms. The molecule has 142 valence electrons. The van der Waals surface area contributed by atoms with Gasteiger partial charge in [0.05, 0.1) is 6.54 Å². The number of nitrogens with zero attached hydrogens (tertiary/aromatic N) is 3. The molecule has 0 N–H and O–H groups in total. The lowest BCUT2D eigenvalue weighted by molar-refractivity contribution is 0.559. The third-order valence-corrected chi connectivity index (χ3v) is 5.90.